The maximum absolute atomic E-state index is 12.6. The smallest absolute Gasteiger partial charge is 0.306 e. The molecule has 54 heavy (non-hydrogen) atoms. The summed E-state index contributed by atoms with van der Waals surface area (Å²) in [6, 6.07) is 0. The number of rotatable bonds is 41. The van der Waals surface area contributed by atoms with Gasteiger partial charge in [-0.2, -0.15) is 0 Å². The van der Waals surface area contributed by atoms with Gasteiger partial charge in [-0.3, -0.25) is 9.59 Å². The minimum Gasteiger partial charge on any atom is -0.462 e. The molecular formula is C49H86O5. The third kappa shape index (κ3) is 42.3. The predicted octanol–water partition coefficient (Wildman–Crippen LogP) is 15.0. The Morgan fingerprint density at radius 3 is 1.33 bits per heavy atom. The Hall–Kier alpha value is -2.40. The second-order valence-electron chi connectivity index (χ2n) is 14.9. The van der Waals surface area contributed by atoms with Gasteiger partial charge in [0.15, 0.2) is 6.10 Å². The Bertz CT molecular complexity index is 946. The second kappa shape index (κ2) is 45.0. The molecule has 0 aliphatic rings. The highest BCUT2D eigenvalue weighted by Gasteiger charge is 2.17. The van der Waals surface area contributed by atoms with E-state index >= 15 is 0 Å². The molecule has 0 rings (SSSR count). The third-order valence-corrected chi connectivity index (χ3v) is 9.57. The van der Waals surface area contributed by atoms with E-state index in [-0.39, 0.29) is 25.2 Å². The summed E-state index contributed by atoms with van der Waals surface area (Å²) >= 11 is 0. The molecular weight excluding hydrogens is 669 g/mol. The molecule has 312 valence electrons. The molecule has 0 bridgehead atoms. The van der Waals surface area contributed by atoms with E-state index < -0.39 is 6.10 Å². The molecule has 5 nitrogen and oxygen atoms in total. The lowest BCUT2D eigenvalue weighted by atomic mass is 10.1. The first-order valence-corrected chi connectivity index (χ1v) is 22.8. The monoisotopic (exact) mass is 755 g/mol. The maximum Gasteiger partial charge on any atom is 0.306 e. The van der Waals surface area contributed by atoms with Gasteiger partial charge in [0.25, 0.3) is 0 Å². The lowest BCUT2D eigenvalue weighted by molar-refractivity contribution is -0.163. The van der Waals surface area contributed by atoms with Crippen molar-refractivity contribution in [2.24, 2.45) is 0 Å². The number of unbranched alkanes of at least 4 members (excludes halogenated alkanes) is 20. The lowest BCUT2D eigenvalue weighted by Gasteiger charge is -2.18. The molecule has 0 spiro atoms. The molecule has 0 aromatic carbocycles. The SMILES string of the molecule is CC/C=C\C/C=C\C/C=C\C/C=C\C/C=C\CCCCCCOCC(COC(=O)CCCCCCCCCCCCC)OC(=O)CCCCCCCCC. The van der Waals surface area contributed by atoms with E-state index in [0.29, 0.717) is 19.4 Å². The van der Waals surface area contributed by atoms with Crippen molar-refractivity contribution in [2.45, 2.75) is 219 Å². The van der Waals surface area contributed by atoms with Gasteiger partial charge in [0.1, 0.15) is 6.61 Å². The normalized spacial score (nSPS) is 12.7. The molecule has 1 atom stereocenters. The van der Waals surface area contributed by atoms with E-state index in [9.17, 15) is 9.59 Å². The number of ether oxygens (including phenoxy) is 3. The van der Waals surface area contributed by atoms with Crippen molar-refractivity contribution in [3.8, 4) is 0 Å². The molecule has 1 unspecified atom stereocenters. The Morgan fingerprint density at radius 2 is 0.833 bits per heavy atom. The zero-order valence-corrected chi connectivity index (χ0v) is 35.7. The Labute approximate surface area is 334 Å². The molecule has 0 heterocycles. The van der Waals surface area contributed by atoms with Crippen LogP contribution in [0.15, 0.2) is 60.8 Å². The first-order chi connectivity index (χ1) is 26.6. The molecule has 0 radical (unpaired) electrons. The Kier molecular flexibility index (Phi) is 43.0. The van der Waals surface area contributed by atoms with Crippen molar-refractivity contribution < 1.29 is 23.8 Å². The zero-order chi connectivity index (χ0) is 39.3. The highest BCUT2D eigenvalue weighted by molar-refractivity contribution is 5.70. The van der Waals surface area contributed by atoms with Gasteiger partial charge < -0.3 is 14.2 Å². The summed E-state index contributed by atoms with van der Waals surface area (Å²) in [6.45, 7) is 7.62. The minimum atomic E-state index is -0.543. The third-order valence-electron chi connectivity index (χ3n) is 9.57. The van der Waals surface area contributed by atoms with Crippen LogP contribution in [0.5, 0.6) is 0 Å². The number of hydrogen-bond donors (Lipinski definition) is 0. The van der Waals surface area contributed by atoms with Crippen LogP contribution in [0.25, 0.3) is 0 Å². The summed E-state index contributed by atoms with van der Waals surface area (Å²) in [5.74, 6) is -0.417. The standard InChI is InChI=1S/C49H86O5/c1-4-7-10-13-16-18-20-21-22-23-24-25-26-27-28-30-32-35-38-41-44-52-45-47(54-49(51)43-40-37-33-15-12-9-6-3)46-53-48(50)42-39-36-34-31-29-19-17-14-11-8-5-2/h7,10,16,18,21-22,24-25,27-28,47H,4-6,8-9,11-15,17,19-20,23,26,29-46H2,1-3H3/b10-7-,18-16-,22-21-,25-24-,28-27-. The highest BCUT2D eigenvalue weighted by atomic mass is 16.6. The summed E-state index contributed by atoms with van der Waals surface area (Å²) in [5, 5.41) is 0. The molecule has 0 amide bonds. The summed E-state index contributed by atoms with van der Waals surface area (Å²) in [5.41, 5.74) is 0. The van der Waals surface area contributed by atoms with Crippen LogP contribution < -0.4 is 0 Å². The molecule has 0 aromatic rings. The largest absolute Gasteiger partial charge is 0.462 e. The zero-order valence-electron chi connectivity index (χ0n) is 35.7. The average Bonchev–Trinajstić information content (AvgIpc) is 3.17. The van der Waals surface area contributed by atoms with E-state index in [1.807, 2.05) is 0 Å². The fraction of sp³-hybridized carbons (Fsp3) is 0.755. The van der Waals surface area contributed by atoms with Crippen molar-refractivity contribution in [1.82, 2.24) is 0 Å². The summed E-state index contributed by atoms with van der Waals surface area (Å²) in [7, 11) is 0. The fourth-order valence-corrected chi connectivity index (χ4v) is 6.18. The van der Waals surface area contributed by atoms with Gasteiger partial charge in [0, 0.05) is 19.4 Å². The summed E-state index contributed by atoms with van der Waals surface area (Å²) < 4.78 is 17.2. The van der Waals surface area contributed by atoms with Gasteiger partial charge in [-0.05, 0) is 64.2 Å². The van der Waals surface area contributed by atoms with Gasteiger partial charge in [-0.1, -0.05) is 197 Å². The van der Waals surface area contributed by atoms with E-state index in [0.717, 1.165) is 77.0 Å². The first-order valence-electron chi connectivity index (χ1n) is 22.8. The molecule has 0 saturated heterocycles. The number of carbonyl (C=O) groups is 2. The van der Waals surface area contributed by atoms with E-state index in [2.05, 4.69) is 81.5 Å². The number of esters is 2. The maximum atomic E-state index is 12.6. The average molecular weight is 755 g/mol. The Balaban J connectivity index is 4.18. The molecule has 0 fully saturated rings. The van der Waals surface area contributed by atoms with E-state index in [4.69, 9.17) is 14.2 Å². The second-order valence-corrected chi connectivity index (χ2v) is 14.9. The Morgan fingerprint density at radius 1 is 0.426 bits per heavy atom. The van der Waals surface area contributed by atoms with Crippen LogP contribution in [0.4, 0.5) is 0 Å². The molecule has 0 aliphatic heterocycles. The van der Waals surface area contributed by atoms with Crippen LogP contribution in [0, 0.1) is 0 Å². The number of hydrogen-bond acceptors (Lipinski definition) is 5. The van der Waals surface area contributed by atoms with Crippen LogP contribution in [0.2, 0.25) is 0 Å². The lowest BCUT2D eigenvalue weighted by Crippen LogP contribution is -2.30. The molecule has 0 aliphatic carbocycles. The van der Waals surface area contributed by atoms with Crippen molar-refractivity contribution >= 4 is 11.9 Å². The predicted molar refractivity (Wildman–Crippen MR) is 233 cm³/mol. The van der Waals surface area contributed by atoms with Crippen molar-refractivity contribution in [1.29, 1.82) is 0 Å². The van der Waals surface area contributed by atoms with Crippen LogP contribution in [0.3, 0.4) is 0 Å². The number of allylic oxidation sites excluding steroid dienone is 10. The van der Waals surface area contributed by atoms with Crippen LogP contribution in [-0.4, -0.2) is 37.9 Å². The van der Waals surface area contributed by atoms with E-state index in [1.165, 1.54) is 103 Å². The summed E-state index contributed by atoms with van der Waals surface area (Å²) in [4.78, 5) is 25.1. The molecule has 0 saturated carbocycles. The fourth-order valence-electron chi connectivity index (χ4n) is 6.18. The quantitative estimate of drug-likeness (QED) is 0.0353. The van der Waals surface area contributed by atoms with Crippen molar-refractivity contribution in [2.75, 3.05) is 19.8 Å². The van der Waals surface area contributed by atoms with Crippen LogP contribution in [-0.2, 0) is 23.8 Å². The number of carbonyl (C=O) groups excluding carboxylic acids is 2. The highest BCUT2D eigenvalue weighted by Crippen LogP contribution is 2.13. The minimum absolute atomic E-state index is 0.0763. The van der Waals surface area contributed by atoms with Crippen LogP contribution >= 0.6 is 0 Å². The molecule has 5 heteroatoms. The molecule has 0 aromatic heterocycles. The van der Waals surface area contributed by atoms with Crippen molar-refractivity contribution in [3.63, 3.8) is 0 Å². The van der Waals surface area contributed by atoms with Gasteiger partial charge >= 0.3 is 11.9 Å². The van der Waals surface area contributed by atoms with Gasteiger partial charge in [0.05, 0.1) is 6.61 Å². The van der Waals surface area contributed by atoms with E-state index in [1.54, 1.807) is 0 Å². The first kappa shape index (κ1) is 51.6. The van der Waals surface area contributed by atoms with Gasteiger partial charge in [-0.15, -0.1) is 0 Å². The topological polar surface area (TPSA) is 61.8 Å². The molecule has 0 N–H and O–H groups in total. The van der Waals surface area contributed by atoms with Gasteiger partial charge in [0.2, 0.25) is 0 Å². The summed E-state index contributed by atoms with van der Waals surface area (Å²) in [6.07, 6.45) is 55.2. The van der Waals surface area contributed by atoms with Crippen LogP contribution in [0.1, 0.15) is 213 Å². The van der Waals surface area contributed by atoms with Crippen molar-refractivity contribution in [3.05, 3.63) is 60.8 Å². The van der Waals surface area contributed by atoms with Gasteiger partial charge in [-0.25, -0.2) is 0 Å².